The van der Waals surface area contributed by atoms with Crippen LogP contribution < -0.4 is 0 Å². The Kier molecular flexibility index (Phi) is 3.31. The number of nitrogens with zero attached hydrogens (tertiary/aromatic N) is 2. The van der Waals surface area contributed by atoms with Gasteiger partial charge >= 0.3 is 0 Å². The van der Waals surface area contributed by atoms with Gasteiger partial charge in [-0.05, 0) is 6.07 Å². The highest BCUT2D eigenvalue weighted by atomic mass is 35.5. The minimum atomic E-state index is -3.01. The summed E-state index contributed by atoms with van der Waals surface area (Å²) in [6.07, 6.45) is -3.01. The third-order valence-corrected chi connectivity index (χ3v) is 1.79. The minimum absolute atomic E-state index is 0.0362. The summed E-state index contributed by atoms with van der Waals surface area (Å²) in [6, 6.07) is 2.34. The van der Waals surface area contributed by atoms with E-state index in [0.717, 1.165) is 0 Å². The van der Waals surface area contributed by atoms with Gasteiger partial charge < -0.3 is 0 Å². The van der Waals surface area contributed by atoms with Crippen molar-refractivity contribution in [2.75, 3.05) is 0 Å². The second kappa shape index (κ2) is 4.29. The van der Waals surface area contributed by atoms with Crippen molar-refractivity contribution in [3.05, 3.63) is 28.8 Å². The smallest absolute Gasteiger partial charge is 0.246 e. The number of rotatable bonds is 2. The average molecular weight is 221 g/mol. The molecule has 0 radical (unpaired) electrons. The first-order chi connectivity index (χ1) is 6.60. The fourth-order valence-corrected chi connectivity index (χ4v) is 1.10. The van der Waals surface area contributed by atoms with Crippen LogP contribution in [0.4, 0.5) is 13.2 Å². The summed E-state index contributed by atoms with van der Waals surface area (Å²) < 4.78 is 37.2. The summed E-state index contributed by atoms with van der Waals surface area (Å²) in [5.74, 6) is -1.39. The fraction of sp³-hybridized carbons (Fsp3) is 0.250. The van der Waals surface area contributed by atoms with E-state index in [-0.39, 0.29) is 17.1 Å². The quantitative estimate of drug-likeness (QED) is 0.719. The molecule has 0 aliphatic carbocycles. The van der Waals surface area contributed by atoms with Gasteiger partial charge in [-0.1, -0.05) is 0 Å². The van der Waals surface area contributed by atoms with Gasteiger partial charge in [0.25, 0.3) is 6.43 Å². The molecule has 0 aliphatic heterocycles. The molecule has 1 aromatic rings. The van der Waals surface area contributed by atoms with Gasteiger partial charge in [0.1, 0.15) is 11.8 Å². The molecule has 0 spiro atoms. The monoisotopic (exact) mass is 220 g/mol. The maximum Gasteiger partial charge on any atom is 0.283 e. The number of nitriles is 1. The van der Waals surface area contributed by atoms with Crippen molar-refractivity contribution in [3.8, 4) is 6.07 Å². The Balaban J connectivity index is 3.32. The van der Waals surface area contributed by atoms with Gasteiger partial charge in [-0.15, -0.1) is 11.6 Å². The molecule has 0 aliphatic rings. The molecular formula is C8H4ClF3N2. The molecule has 1 rings (SSSR count). The molecule has 74 valence electrons. The van der Waals surface area contributed by atoms with Gasteiger partial charge in [0.05, 0.1) is 17.1 Å². The summed E-state index contributed by atoms with van der Waals surface area (Å²) in [4.78, 5) is 3.28. The predicted octanol–water partition coefficient (Wildman–Crippen LogP) is 2.77. The lowest BCUT2D eigenvalue weighted by Gasteiger charge is -2.04. The average Bonchev–Trinajstić information content (AvgIpc) is 2.16. The maximum atomic E-state index is 12.9. The second-order valence-electron chi connectivity index (χ2n) is 2.40. The molecule has 0 aromatic carbocycles. The van der Waals surface area contributed by atoms with E-state index in [1.807, 2.05) is 0 Å². The molecule has 0 amide bonds. The molecule has 0 saturated carbocycles. The highest BCUT2D eigenvalue weighted by molar-refractivity contribution is 6.17. The third kappa shape index (κ3) is 1.96. The van der Waals surface area contributed by atoms with E-state index in [1.165, 1.54) is 0 Å². The molecule has 0 atom stereocenters. The number of hydrogen-bond donors (Lipinski definition) is 0. The van der Waals surface area contributed by atoms with Crippen molar-refractivity contribution in [2.24, 2.45) is 0 Å². The molecular weight excluding hydrogens is 217 g/mol. The highest BCUT2D eigenvalue weighted by Crippen LogP contribution is 2.22. The summed E-state index contributed by atoms with van der Waals surface area (Å²) in [5, 5.41) is 8.50. The van der Waals surface area contributed by atoms with Crippen LogP contribution in [0.25, 0.3) is 0 Å². The molecule has 0 saturated heterocycles. The van der Waals surface area contributed by atoms with E-state index in [0.29, 0.717) is 6.07 Å². The Morgan fingerprint density at radius 3 is 2.64 bits per heavy atom. The van der Waals surface area contributed by atoms with Crippen LogP contribution in [-0.4, -0.2) is 4.98 Å². The molecule has 0 unspecified atom stereocenters. The molecule has 0 N–H and O–H groups in total. The standard InChI is InChI=1S/C8H4ClF3N2/c9-2-6-4(3-13)1-5(10)7(14-6)8(11)12/h1,8H,2H2. The molecule has 1 aromatic heterocycles. The third-order valence-electron chi connectivity index (χ3n) is 1.54. The number of hydrogen-bond acceptors (Lipinski definition) is 2. The van der Waals surface area contributed by atoms with Crippen LogP contribution in [0.2, 0.25) is 0 Å². The van der Waals surface area contributed by atoms with E-state index in [2.05, 4.69) is 4.98 Å². The Morgan fingerprint density at radius 2 is 2.21 bits per heavy atom. The lowest BCUT2D eigenvalue weighted by Crippen LogP contribution is -2.02. The first-order valence-electron chi connectivity index (χ1n) is 3.53. The first kappa shape index (κ1) is 10.8. The Labute approximate surface area is 82.9 Å². The lowest BCUT2D eigenvalue weighted by molar-refractivity contribution is 0.140. The van der Waals surface area contributed by atoms with Crippen molar-refractivity contribution in [1.82, 2.24) is 4.98 Å². The molecule has 2 nitrogen and oxygen atoms in total. The summed E-state index contributed by atoms with van der Waals surface area (Å²) in [5.41, 5.74) is -1.13. The van der Waals surface area contributed by atoms with Crippen molar-refractivity contribution in [1.29, 1.82) is 5.26 Å². The zero-order chi connectivity index (χ0) is 10.7. The Bertz CT molecular complexity index is 386. The summed E-state index contributed by atoms with van der Waals surface area (Å²) in [7, 11) is 0. The van der Waals surface area contributed by atoms with Crippen molar-refractivity contribution in [2.45, 2.75) is 12.3 Å². The minimum Gasteiger partial charge on any atom is -0.246 e. The molecule has 1 heterocycles. The molecule has 6 heteroatoms. The van der Waals surface area contributed by atoms with E-state index in [1.54, 1.807) is 6.07 Å². The number of halogens is 4. The molecule has 0 bridgehead atoms. The van der Waals surface area contributed by atoms with Crippen LogP contribution in [0.5, 0.6) is 0 Å². The van der Waals surface area contributed by atoms with Crippen molar-refractivity contribution >= 4 is 11.6 Å². The topological polar surface area (TPSA) is 36.7 Å². The van der Waals surface area contributed by atoms with Crippen LogP contribution in [0.1, 0.15) is 23.4 Å². The number of alkyl halides is 3. The van der Waals surface area contributed by atoms with Gasteiger partial charge in [-0.3, -0.25) is 0 Å². The van der Waals surface area contributed by atoms with Crippen LogP contribution in [-0.2, 0) is 5.88 Å². The predicted molar refractivity (Wildman–Crippen MR) is 43.4 cm³/mol. The van der Waals surface area contributed by atoms with E-state index in [4.69, 9.17) is 16.9 Å². The van der Waals surface area contributed by atoms with Gasteiger partial charge in [0.15, 0.2) is 5.82 Å². The lowest BCUT2D eigenvalue weighted by atomic mass is 10.2. The molecule has 14 heavy (non-hydrogen) atoms. The Hall–Kier alpha value is -1.28. The zero-order valence-electron chi connectivity index (χ0n) is 6.77. The zero-order valence-corrected chi connectivity index (χ0v) is 7.52. The summed E-state index contributed by atoms with van der Waals surface area (Å²) >= 11 is 5.36. The summed E-state index contributed by atoms with van der Waals surface area (Å²) in [6.45, 7) is 0. The van der Waals surface area contributed by atoms with Gasteiger partial charge in [0.2, 0.25) is 0 Å². The van der Waals surface area contributed by atoms with E-state index >= 15 is 0 Å². The largest absolute Gasteiger partial charge is 0.283 e. The van der Waals surface area contributed by atoms with Gasteiger partial charge in [-0.2, -0.15) is 5.26 Å². The van der Waals surface area contributed by atoms with Crippen LogP contribution in [0, 0.1) is 17.1 Å². The number of pyridine rings is 1. The van der Waals surface area contributed by atoms with Crippen LogP contribution in [0.15, 0.2) is 6.07 Å². The SMILES string of the molecule is N#Cc1cc(F)c(C(F)F)nc1CCl. The normalized spacial score (nSPS) is 10.3. The fourth-order valence-electron chi connectivity index (χ4n) is 0.895. The highest BCUT2D eigenvalue weighted by Gasteiger charge is 2.18. The first-order valence-corrected chi connectivity index (χ1v) is 4.07. The second-order valence-corrected chi connectivity index (χ2v) is 2.66. The van der Waals surface area contributed by atoms with Crippen LogP contribution in [0.3, 0.4) is 0 Å². The van der Waals surface area contributed by atoms with E-state index in [9.17, 15) is 13.2 Å². The molecule has 0 fully saturated rings. The number of aromatic nitrogens is 1. The maximum absolute atomic E-state index is 12.9. The van der Waals surface area contributed by atoms with E-state index < -0.39 is 17.9 Å². The Morgan fingerprint density at radius 1 is 1.57 bits per heavy atom. The van der Waals surface area contributed by atoms with Crippen molar-refractivity contribution in [3.63, 3.8) is 0 Å². The van der Waals surface area contributed by atoms with Crippen LogP contribution >= 0.6 is 11.6 Å². The van der Waals surface area contributed by atoms with Gasteiger partial charge in [0, 0.05) is 0 Å². The van der Waals surface area contributed by atoms with Crippen molar-refractivity contribution < 1.29 is 13.2 Å². The van der Waals surface area contributed by atoms with Gasteiger partial charge in [-0.25, -0.2) is 18.2 Å².